The molecule has 0 aliphatic carbocycles. The van der Waals surface area contributed by atoms with E-state index >= 15 is 0 Å². The number of nitrogens with zero attached hydrogens (tertiary/aromatic N) is 2. The second-order valence-corrected chi connectivity index (χ2v) is 7.46. The van der Waals surface area contributed by atoms with Crippen LogP contribution in [0.5, 0.6) is 0 Å². The molecule has 1 aliphatic heterocycles. The smallest absolute Gasteiger partial charge is 0.317 e. The van der Waals surface area contributed by atoms with Crippen molar-refractivity contribution in [3.05, 3.63) is 36.1 Å². The van der Waals surface area contributed by atoms with Gasteiger partial charge in [0.1, 0.15) is 5.58 Å². The molecule has 3 amide bonds. The fraction of sp³-hybridized carbons (Fsp3) is 0.474. The third-order valence-electron chi connectivity index (χ3n) is 4.19. The van der Waals surface area contributed by atoms with Gasteiger partial charge in [0.15, 0.2) is 5.76 Å². The van der Waals surface area contributed by atoms with Crippen LogP contribution in [-0.4, -0.2) is 53.5 Å². The van der Waals surface area contributed by atoms with Gasteiger partial charge in [-0.1, -0.05) is 18.2 Å². The van der Waals surface area contributed by atoms with Crippen LogP contribution in [0.15, 0.2) is 34.7 Å². The Morgan fingerprint density at radius 1 is 1.04 bits per heavy atom. The molecule has 1 fully saturated rings. The molecule has 6 heteroatoms. The quantitative estimate of drug-likeness (QED) is 0.865. The first-order chi connectivity index (χ1) is 11.8. The zero-order valence-corrected chi connectivity index (χ0v) is 15.0. The lowest BCUT2D eigenvalue weighted by Gasteiger charge is -2.27. The van der Waals surface area contributed by atoms with Gasteiger partial charge in [0.05, 0.1) is 0 Å². The van der Waals surface area contributed by atoms with Crippen LogP contribution in [-0.2, 0) is 0 Å². The van der Waals surface area contributed by atoms with Crippen LogP contribution in [0.1, 0.15) is 37.7 Å². The van der Waals surface area contributed by atoms with Crippen molar-refractivity contribution in [3.8, 4) is 0 Å². The topological polar surface area (TPSA) is 65.8 Å². The molecule has 0 saturated carbocycles. The summed E-state index contributed by atoms with van der Waals surface area (Å²) in [5, 5.41) is 3.90. The maximum atomic E-state index is 12.7. The monoisotopic (exact) mass is 343 g/mol. The second kappa shape index (κ2) is 6.78. The molecule has 0 unspecified atom stereocenters. The normalized spacial score (nSPS) is 16.0. The molecule has 6 nitrogen and oxygen atoms in total. The van der Waals surface area contributed by atoms with Gasteiger partial charge in [0.25, 0.3) is 5.91 Å². The molecular weight excluding hydrogens is 318 g/mol. The summed E-state index contributed by atoms with van der Waals surface area (Å²) in [6, 6.07) is 9.29. The minimum atomic E-state index is -0.271. The number of fused-ring (bicyclic) bond motifs is 1. The maximum absolute atomic E-state index is 12.7. The van der Waals surface area contributed by atoms with Gasteiger partial charge in [-0.3, -0.25) is 4.79 Å². The molecule has 1 saturated heterocycles. The van der Waals surface area contributed by atoms with Gasteiger partial charge in [-0.25, -0.2) is 4.79 Å². The molecule has 134 valence electrons. The van der Waals surface area contributed by atoms with Gasteiger partial charge in [0, 0.05) is 37.1 Å². The number of rotatable bonds is 1. The molecule has 0 atom stereocenters. The summed E-state index contributed by atoms with van der Waals surface area (Å²) in [6.07, 6.45) is 0.754. The molecule has 0 spiro atoms. The highest BCUT2D eigenvalue weighted by molar-refractivity contribution is 5.96. The van der Waals surface area contributed by atoms with E-state index in [9.17, 15) is 9.59 Å². The van der Waals surface area contributed by atoms with E-state index in [0.717, 1.165) is 11.8 Å². The molecule has 0 radical (unpaired) electrons. The fourth-order valence-electron chi connectivity index (χ4n) is 2.97. The predicted octanol–water partition coefficient (Wildman–Crippen LogP) is 3.09. The number of carbonyl (C=O) groups excluding carboxylic acids is 2. The Hall–Kier alpha value is -2.50. The molecular formula is C19H25N3O3. The summed E-state index contributed by atoms with van der Waals surface area (Å²) in [7, 11) is 0. The van der Waals surface area contributed by atoms with Crippen molar-refractivity contribution in [2.45, 2.75) is 32.7 Å². The highest BCUT2D eigenvalue weighted by atomic mass is 16.3. The fourth-order valence-corrected chi connectivity index (χ4v) is 2.97. The maximum Gasteiger partial charge on any atom is 0.317 e. The molecule has 1 aromatic carbocycles. The van der Waals surface area contributed by atoms with E-state index in [4.69, 9.17) is 4.42 Å². The van der Waals surface area contributed by atoms with E-state index in [1.165, 1.54) is 0 Å². The van der Waals surface area contributed by atoms with Crippen LogP contribution in [0, 0.1) is 0 Å². The summed E-state index contributed by atoms with van der Waals surface area (Å²) in [6.45, 7) is 8.17. The predicted molar refractivity (Wildman–Crippen MR) is 96.6 cm³/mol. The van der Waals surface area contributed by atoms with Gasteiger partial charge in [0.2, 0.25) is 0 Å². The van der Waals surface area contributed by atoms with Crippen molar-refractivity contribution in [2.24, 2.45) is 0 Å². The van der Waals surface area contributed by atoms with Crippen molar-refractivity contribution in [3.63, 3.8) is 0 Å². The number of benzene rings is 1. The molecule has 3 rings (SSSR count). The number of urea groups is 1. The minimum absolute atomic E-state index is 0.0782. The molecule has 2 aromatic rings. The Morgan fingerprint density at radius 2 is 1.72 bits per heavy atom. The summed E-state index contributed by atoms with van der Waals surface area (Å²) < 4.78 is 5.68. The lowest BCUT2D eigenvalue weighted by Crippen LogP contribution is -2.49. The zero-order valence-electron chi connectivity index (χ0n) is 15.0. The first kappa shape index (κ1) is 17.3. The standard InChI is InChI=1S/C19H25N3O3/c1-19(2,3)20-18(24)22-10-6-9-21(11-12-22)17(23)16-13-14-7-4-5-8-15(14)25-16/h4-5,7-8,13H,6,9-12H2,1-3H3,(H,20,24). The summed E-state index contributed by atoms with van der Waals surface area (Å²) >= 11 is 0. The van der Waals surface area contributed by atoms with Crippen LogP contribution in [0.2, 0.25) is 0 Å². The highest BCUT2D eigenvalue weighted by Gasteiger charge is 2.26. The minimum Gasteiger partial charge on any atom is -0.451 e. The van der Waals surface area contributed by atoms with Gasteiger partial charge >= 0.3 is 6.03 Å². The molecule has 1 aliphatic rings. The molecule has 2 heterocycles. The first-order valence-corrected chi connectivity index (χ1v) is 8.68. The first-order valence-electron chi connectivity index (χ1n) is 8.68. The van der Waals surface area contributed by atoms with Crippen LogP contribution in [0.3, 0.4) is 0 Å². The van der Waals surface area contributed by atoms with Crippen molar-refractivity contribution in [2.75, 3.05) is 26.2 Å². The Bertz CT molecular complexity index is 743. The van der Waals surface area contributed by atoms with Crippen LogP contribution in [0.25, 0.3) is 11.0 Å². The summed E-state index contributed by atoms with van der Waals surface area (Å²) in [5.74, 6) is 0.239. The number of amides is 3. The van der Waals surface area contributed by atoms with Gasteiger partial charge in [-0.15, -0.1) is 0 Å². The number of para-hydroxylation sites is 1. The van der Waals surface area contributed by atoms with Gasteiger partial charge < -0.3 is 19.5 Å². The molecule has 25 heavy (non-hydrogen) atoms. The molecule has 1 aromatic heterocycles. The van der Waals surface area contributed by atoms with Gasteiger partial charge in [-0.2, -0.15) is 0 Å². The number of hydrogen-bond donors (Lipinski definition) is 1. The van der Waals surface area contributed by atoms with Crippen molar-refractivity contribution in [1.82, 2.24) is 15.1 Å². The third-order valence-corrected chi connectivity index (χ3v) is 4.19. The highest BCUT2D eigenvalue weighted by Crippen LogP contribution is 2.20. The van der Waals surface area contributed by atoms with E-state index < -0.39 is 0 Å². The number of carbonyl (C=O) groups is 2. The largest absolute Gasteiger partial charge is 0.451 e. The summed E-state index contributed by atoms with van der Waals surface area (Å²) in [4.78, 5) is 28.6. The van der Waals surface area contributed by atoms with Crippen LogP contribution < -0.4 is 5.32 Å². The Morgan fingerprint density at radius 3 is 2.44 bits per heavy atom. The van der Waals surface area contributed by atoms with Gasteiger partial charge in [-0.05, 0) is 39.3 Å². The van der Waals surface area contributed by atoms with E-state index in [1.807, 2.05) is 45.0 Å². The Balaban J connectivity index is 1.66. The molecule has 0 bridgehead atoms. The van der Waals surface area contributed by atoms with Crippen molar-refractivity contribution in [1.29, 1.82) is 0 Å². The Kier molecular flexibility index (Phi) is 4.70. The van der Waals surface area contributed by atoms with Crippen LogP contribution in [0.4, 0.5) is 4.79 Å². The SMILES string of the molecule is CC(C)(C)NC(=O)N1CCCN(C(=O)c2cc3ccccc3o2)CC1. The average molecular weight is 343 g/mol. The van der Waals surface area contributed by atoms with E-state index in [2.05, 4.69) is 5.32 Å². The Labute approximate surface area is 147 Å². The van der Waals surface area contributed by atoms with Crippen molar-refractivity contribution >= 4 is 22.9 Å². The van der Waals surface area contributed by atoms with E-state index in [-0.39, 0.29) is 17.5 Å². The number of nitrogens with one attached hydrogen (secondary N) is 1. The zero-order chi connectivity index (χ0) is 18.0. The third kappa shape index (κ3) is 4.13. The summed E-state index contributed by atoms with van der Waals surface area (Å²) in [5.41, 5.74) is 0.444. The molecule has 1 N–H and O–H groups in total. The lowest BCUT2D eigenvalue weighted by molar-refractivity contribution is 0.0732. The van der Waals surface area contributed by atoms with E-state index in [0.29, 0.717) is 37.5 Å². The lowest BCUT2D eigenvalue weighted by atomic mass is 10.1. The van der Waals surface area contributed by atoms with Crippen molar-refractivity contribution < 1.29 is 14.0 Å². The van der Waals surface area contributed by atoms with Crippen LogP contribution >= 0.6 is 0 Å². The van der Waals surface area contributed by atoms with E-state index in [1.54, 1.807) is 15.9 Å². The number of furan rings is 1. The average Bonchev–Trinajstić information content (AvgIpc) is 2.81. The number of hydrogen-bond acceptors (Lipinski definition) is 3. The second-order valence-electron chi connectivity index (χ2n) is 7.46.